The lowest BCUT2D eigenvalue weighted by atomic mass is 10.2. The molecule has 2 aliphatic rings. The first-order valence-electron chi connectivity index (χ1n) is 9.91. The average Bonchev–Trinajstić information content (AvgIpc) is 3.43. The summed E-state index contributed by atoms with van der Waals surface area (Å²) in [5.74, 6) is 1.91. The first kappa shape index (κ1) is 19.1. The molecule has 4 rings (SSSR count). The predicted molar refractivity (Wildman–Crippen MR) is 111 cm³/mol. The molecule has 0 unspecified atom stereocenters. The van der Waals surface area contributed by atoms with E-state index in [-0.39, 0.29) is 5.91 Å². The molecule has 1 aliphatic heterocycles. The number of aromatic nitrogens is 2. The molecule has 2 fully saturated rings. The van der Waals surface area contributed by atoms with Crippen LogP contribution in [0.4, 0.5) is 11.8 Å². The number of carbonyl (C=O) groups is 1. The summed E-state index contributed by atoms with van der Waals surface area (Å²) in [7, 11) is 1.98. The normalized spacial score (nSPS) is 16.8. The van der Waals surface area contributed by atoms with E-state index in [9.17, 15) is 4.79 Å². The fourth-order valence-corrected chi connectivity index (χ4v) is 3.85. The van der Waals surface area contributed by atoms with E-state index in [2.05, 4.69) is 32.0 Å². The van der Waals surface area contributed by atoms with Crippen LogP contribution in [0.1, 0.15) is 28.9 Å². The van der Waals surface area contributed by atoms with Gasteiger partial charge in [0.05, 0.1) is 13.2 Å². The Morgan fingerprint density at radius 3 is 2.89 bits per heavy atom. The maximum absolute atomic E-state index is 12.7. The number of carbonyl (C=O) groups excluding carboxylic acids is 1. The Morgan fingerprint density at radius 2 is 2.18 bits per heavy atom. The van der Waals surface area contributed by atoms with Crippen molar-refractivity contribution in [3.05, 3.63) is 34.2 Å². The van der Waals surface area contributed by atoms with Gasteiger partial charge in [-0.2, -0.15) is 16.3 Å². The summed E-state index contributed by atoms with van der Waals surface area (Å²) in [6, 6.07) is 3.95. The van der Waals surface area contributed by atoms with Crippen molar-refractivity contribution in [2.24, 2.45) is 5.92 Å². The van der Waals surface area contributed by atoms with Gasteiger partial charge in [-0.1, -0.05) is 0 Å². The van der Waals surface area contributed by atoms with Gasteiger partial charge < -0.3 is 19.9 Å². The molecule has 150 valence electrons. The Labute approximate surface area is 169 Å². The van der Waals surface area contributed by atoms with Crippen LogP contribution in [0.3, 0.4) is 0 Å². The van der Waals surface area contributed by atoms with Crippen molar-refractivity contribution in [2.45, 2.75) is 19.3 Å². The minimum Gasteiger partial charge on any atom is -0.378 e. The predicted octanol–water partition coefficient (Wildman–Crippen LogP) is 2.19. The number of thiophene rings is 1. The Kier molecular flexibility index (Phi) is 6.07. The Hall–Kier alpha value is -2.19. The quantitative estimate of drug-likeness (QED) is 0.731. The van der Waals surface area contributed by atoms with E-state index in [1.54, 1.807) is 11.3 Å². The number of nitrogens with one attached hydrogen (secondary N) is 1. The van der Waals surface area contributed by atoms with Gasteiger partial charge in [-0.05, 0) is 47.6 Å². The maximum Gasteiger partial charge on any atom is 0.270 e. The van der Waals surface area contributed by atoms with Crippen molar-refractivity contribution < 1.29 is 9.53 Å². The topological polar surface area (TPSA) is 70.6 Å². The highest BCUT2D eigenvalue weighted by Gasteiger charge is 2.23. The molecule has 0 radical (unpaired) electrons. The average molecular weight is 402 g/mol. The Bertz CT molecular complexity index is 788. The van der Waals surface area contributed by atoms with Crippen molar-refractivity contribution >= 4 is 29.0 Å². The Morgan fingerprint density at radius 1 is 1.36 bits per heavy atom. The minimum absolute atomic E-state index is 0.115. The molecule has 1 N–H and O–H groups in total. The lowest BCUT2D eigenvalue weighted by Crippen LogP contribution is -2.37. The van der Waals surface area contributed by atoms with Crippen LogP contribution in [0.5, 0.6) is 0 Å². The zero-order valence-corrected chi connectivity index (χ0v) is 17.1. The number of nitrogens with zero attached hydrogens (tertiary/aromatic N) is 4. The minimum atomic E-state index is -0.115. The molecule has 2 aromatic heterocycles. The van der Waals surface area contributed by atoms with Gasteiger partial charge in [0.15, 0.2) is 0 Å². The number of likely N-dealkylation sites (N-methyl/N-ethyl adjacent to an activating group) is 1. The van der Waals surface area contributed by atoms with E-state index in [1.165, 1.54) is 18.4 Å². The highest BCUT2D eigenvalue weighted by Crippen LogP contribution is 2.27. The molecular weight excluding hydrogens is 374 g/mol. The van der Waals surface area contributed by atoms with Crippen LogP contribution in [0.2, 0.25) is 0 Å². The molecule has 1 amide bonds. The number of hydrogen-bond donors (Lipinski definition) is 1. The SMILES string of the molecule is CN(CCc1ccsc1)c1nc(C(=O)NCC2CC2)cc(N2CCOCC2)n1. The molecule has 3 heterocycles. The fraction of sp³-hybridized carbons (Fsp3) is 0.550. The van der Waals surface area contributed by atoms with Crippen molar-refractivity contribution in [2.75, 3.05) is 56.2 Å². The fourth-order valence-electron chi connectivity index (χ4n) is 3.14. The van der Waals surface area contributed by atoms with Crippen molar-refractivity contribution in [3.8, 4) is 0 Å². The zero-order chi connectivity index (χ0) is 19.3. The molecule has 1 saturated carbocycles. The van der Waals surface area contributed by atoms with Crippen molar-refractivity contribution in [3.63, 3.8) is 0 Å². The van der Waals surface area contributed by atoms with Gasteiger partial charge in [-0.3, -0.25) is 4.79 Å². The van der Waals surface area contributed by atoms with E-state index in [0.29, 0.717) is 30.8 Å². The van der Waals surface area contributed by atoms with E-state index in [4.69, 9.17) is 9.72 Å². The van der Waals surface area contributed by atoms with Crippen molar-refractivity contribution in [1.82, 2.24) is 15.3 Å². The number of amides is 1. The molecule has 7 nitrogen and oxygen atoms in total. The zero-order valence-electron chi connectivity index (χ0n) is 16.3. The van der Waals surface area contributed by atoms with Crippen LogP contribution >= 0.6 is 11.3 Å². The highest BCUT2D eigenvalue weighted by atomic mass is 32.1. The van der Waals surface area contributed by atoms with Gasteiger partial charge in [-0.25, -0.2) is 4.98 Å². The first-order valence-corrected chi connectivity index (χ1v) is 10.9. The van der Waals surface area contributed by atoms with Crippen LogP contribution in [0, 0.1) is 5.92 Å². The molecule has 0 atom stereocenters. The second-order valence-corrected chi connectivity index (χ2v) is 8.25. The molecule has 0 spiro atoms. The highest BCUT2D eigenvalue weighted by molar-refractivity contribution is 7.07. The Balaban J connectivity index is 1.52. The standard InChI is InChI=1S/C20H27N5O2S/c1-24(6-4-16-5-11-28-14-16)20-22-17(19(26)21-13-15-2-3-15)12-18(23-20)25-7-9-27-10-8-25/h5,11-12,14-15H,2-4,6-10,13H2,1H3,(H,21,26). The van der Waals surface area contributed by atoms with Crippen LogP contribution in [0.25, 0.3) is 0 Å². The molecule has 8 heteroatoms. The van der Waals surface area contributed by atoms with Gasteiger partial charge in [-0.15, -0.1) is 0 Å². The number of morpholine rings is 1. The van der Waals surface area contributed by atoms with Crippen LogP contribution in [-0.4, -0.2) is 62.3 Å². The van der Waals surface area contributed by atoms with E-state index >= 15 is 0 Å². The third-order valence-electron chi connectivity index (χ3n) is 5.17. The maximum atomic E-state index is 12.7. The summed E-state index contributed by atoms with van der Waals surface area (Å²) in [5.41, 5.74) is 1.75. The molecule has 2 aromatic rings. The number of hydrogen-bond acceptors (Lipinski definition) is 7. The molecule has 1 saturated heterocycles. The second kappa shape index (κ2) is 8.87. The second-order valence-electron chi connectivity index (χ2n) is 7.47. The lowest BCUT2D eigenvalue weighted by Gasteiger charge is -2.29. The van der Waals surface area contributed by atoms with Gasteiger partial charge >= 0.3 is 0 Å². The van der Waals surface area contributed by atoms with Gasteiger partial charge in [0.1, 0.15) is 11.5 Å². The third-order valence-corrected chi connectivity index (χ3v) is 5.91. The van der Waals surface area contributed by atoms with Crippen LogP contribution in [-0.2, 0) is 11.2 Å². The first-order chi connectivity index (χ1) is 13.7. The molecule has 0 aromatic carbocycles. The van der Waals surface area contributed by atoms with Gasteiger partial charge in [0.2, 0.25) is 5.95 Å². The molecule has 28 heavy (non-hydrogen) atoms. The summed E-state index contributed by atoms with van der Waals surface area (Å²) in [6.07, 6.45) is 3.34. The number of rotatable bonds is 8. The lowest BCUT2D eigenvalue weighted by molar-refractivity contribution is 0.0946. The summed E-state index contributed by atoms with van der Waals surface area (Å²) in [5, 5.41) is 7.27. The van der Waals surface area contributed by atoms with E-state index in [0.717, 1.165) is 38.4 Å². The summed E-state index contributed by atoms with van der Waals surface area (Å²) >= 11 is 1.71. The molecular formula is C20H27N5O2S. The molecule has 1 aliphatic carbocycles. The summed E-state index contributed by atoms with van der Waals surface area (Å²) < 4.78 is 5.45. The van der Waals surface area contributed by atoms with E-state index in [1.807, 2.05) is 18.0 Å². The number of ether oxygens (including phenoxy) is 1. The largest absolute Gasteiger partial charge is 0.378 e. The van der Waals surface area contributed by atoms with Crippen LogP contribution < -0.4 is 15.1 Å². The van der Waals surface area contributed by atoms with Gasteiger partial charge in [0.25, 0.3) is 5.91 Å². The third kappa shape index (κ3) is 4.99. The summed E-state index contributed by atoms with van der Waals surface area (Å²) in [6.45, 7) is 4.44. The van der Waals surface area contributed by atoms with Gasteiger partial charge in [0, 0.05) is 39.3 Å². The van der Waals surface area contributed by atoms with Crippen LogP contribution in [0.15, 0.2) is 22.9 Å². The monoisotopic (exact) mass is 401 g/mol. The van der Waals surface area contributed by atoms with Crippen molar-refractivity contribution in [1.29, 1.82) is 0 Å². The van der Waals surface area contributed by atoms with E-state index < -0.39 is 0 Å². The number of anilines is 2. The molecule has 0 bridgehead atoms. The smallest absolute Gasteiger partial charge is 0.270 e. The summed E-state index contributed by atoms with van der Waals surface area (Å²) in [4.78, 5) is 26.2.